The van der Waals surface area contributed by atoms with Crippen molar-refractivity contribution in [1.82, 2.24) is 10.3 Å². The maximum absolute atomic E-state index is 14.1. The molecule has 2 heterocycles. The van der Waals surface area contributed by atoms with Gasteiger partial charge in [0, 0.05) is 24.2 Å². The van der Waals surface area contributed by atoms with E-state index in [1.165, 1.54) is 6.07 Å². The summed E-state index contributed by atoms with van der Waals surface area (Å²) in [6.45, 7) is 1.61. The number of nitrogens with one attached hydrogen (secondary N) is 2. The van der Waals surface area contributed by atoms with Gasteiger partial charge in [-0.1, -0.05) is 6.07 Å². The number of carbonyl (C=O) groups excluding carboxylic acids is 2. The lowest BCUT2D eigenvalue weighted by Gasteiger charge is -2.28. The Morgan fingerprint density at radius 1 is 1.27 bits per heavy atom. The fourth-order valence-electron chi connectivity index (χ4n) is 3.21. The average Bonchev–Trinajstić information content (AvgIpc) is 3.47. The standard InChI is InChI=1S/C19H19FN4O2/c20-15-3-1-2-14(18(15)12-4-5-12)19(26)23-16-7-6-13(10-22-16)24-9-8-21-17(25)11-24/h1-3,6-7,10,12H,4-5,8-9,11H2,(H,21,25)(H,22,23,26). The van der Waals surface area contributed by atoms with Gasteiger partial charge in [-0.2, -0.15) is 0 Å². The number of aromatic nitrogens is 1. The first kappa shape index (κ1) is 16.5. The first-order valence-electron chi connectivity index (χ1n) is 8.69. The molecule has 0 bridgehead atoms. The van der Waals surface area contributed by atoms with Crippen molar-refractivity contribution >= 4 is 23.3 Å². The second kappa shape index (κ2) is 6.74. The van der Waals surface area contributed by atoms with E-state index in [0.29, 0.717) is 36.6 Å². The summed E-state index contributed by atoms with van der Waals surface area (Å²) in [4.78, 5) is 30.2. The van der Waals surface area contributed by atoms with Gasteiger partial charge in [-0.05, 0) is 43.0 Å². The highest BCUT2D eigenvalue weighted by molar-refractivity contribution is 6.05. The monoisotopic (exact) mass is 354 g/mol. The van der Waals surface area contributed by atoms with Crippen molar-refractivity contribution in [2.75, 3.05) is 29.9 Å². The lowest BCUT2D eigenvalue weighted by Crippen LogP contribution is -2.47. The summed E-state index contributed by atoms with van der Waals surface area (Å²) in [5.74, 6) is -0.174. The summed E-state index contributed by atoms with van der Waals surface area (Å²) in [6, 6.07) is 8.09. The molecule has 0 spiro atoms. The molecule has 1 aliphatic carbocycles. The van der Waals surface area contributed by atoms with Crippen molar-refractivity contribution in [2.45, 2.75) is 18.8 Å². The third-order valence-electron chi connectivity index (χ3n) is 4.68. The molecule has 2 aliphatic rings. The molecular weight excluding hydrogens is 335 g/mol. The molecular formula is C19H19FN4O2. The highest BCUT2D eigenvalue weighted by atomic mass is 19.1. The van der Waals surface area contributed by atoms with Crippen LogP contribution in [-0.4, -0.2) is 36.4 Å². The Bertz CT molecular complexity index is 849. The second-order valence-corrected chi connectivity index (χ2v) is 6.60. The molecule has 2 aromatic rings. The van der Waals surface area contributed by atoms with Gasteiger partial charge in [-0.25, -0.2) is 9.37 Å². The summed E-state index contributed by atoms with van der Waals surface area (Å²) in [5, 5.41) is 5.51. The predicted molar refractivity (Wildman–Crippen MR) is 95.8 cm³/mol. The lowest BCUT2D eigenvalue weighted by molar-refractivity contribution is -0.120. The largest absolute Gasteiger partial charge is 0.359 e. The van der Waals surface area contributed by atoms with E-state index in [9.17, 15) is 14.0 Å². The Kier molecular flexibility index (Phi) is 4.28. The van der Waals surface area contributed by atoms with Crippen LogP contribution < -0.4 is 15.5 Å². The molecule has 134 valence electrons. The van der Waals surface area contributed by atoms with E-state index in [0.717, 1.165) is 18.5 Å². The van der Waals surface area contributed by atoms with Crippen LogP contribution in [0.4, 0.5) is 15.9 Å². The fraction of sp³-hybridized carbons (Fsp3) is 0.316. The number of rotatable bonds is 4. The molecule has 4 rings (SSSR count). The van der Waals surface area contributed by atoms with Crippen LogP contribution in [0.5, 0.6) is 0 Å². The Labute approximate surface area is 150 Å². The zero-order valence-electron chi connectivity index (χ0n) is 14.2. The number of amides is 2. The number of anilines is 2. The Morgan fingerprint density at radius 2 is 2.12 bits per heavy atom. The van der Waals surface area contributed by atoms with Crippen molar-refractivity contribution in [2.24, 2.45) is 0 Å². The van der Waals surface area contributed by atoms with Gasteiger partial charge in [0.25, 0.3) is 5.91 Å². The van der Waals surface area contributed by atoms with Gasteiger partial charge in [0.05, 0.1) is 18.4 Å². The minimum Gasteiger partial charge on any atom is -0.359 e. The first-order chi connectivity index (χ1) is 12.6. The van der Waals surface area contributed by atoms with E-state index < -0.39 is 0 Å². The van der Waals surface area contributed by atoms with Gasteiger partial charge in [0.1, 0.15) is 11.6 Å². The molecule has 0 radical (unpaired) electrons. The number of hydrogen-bond acceptors (Lipinski definition) is 4. The van der Waals surface area contributed by atoms with Gasteiger partial charge in [0.15, 0.2) is 0 Å². The van der Waals surface area contributed by atoms with Crippen molar-refractivity contribution in [3.05, 3.63) is 53.5 Å². The molecule has 1 saturated carbocycles. The van der Waals surface area contributed by atoms with Crippen LogP contribution >= 0.6 is 0 Å². The number of carbonyl (C=O) groups is 2. The van der Waals surface area contributed by atoms with E-state index >= 15 is 0 Å². The number of nitrogens with zero attached hydrogens (tertiary/aromatic N) is 2. The molecule has 2 amide bonds. The maximum atomic E-state index is 14.1. The van der Waals surface area contributed by atoms with Gasteiger partial charge in [-0.15, -0.1) is 0 Å². The third kappa shape index (κ3) is 3.37. The van der Waals surface area contributed by atoms with Crippen molar-refractivity contribution in [1.29, 1.82) is 0 Å². The summed E-state index contributed by atoms with van der Waals surface area (Å²) < 4.78 is 14.1. The van der Waals surface area contributed by atoms with E-state index in [1.807, 2.05) is 11.0 Å². The number of halogens is 1. The molecule has 1 aliphatic heterocycles. The number of benzene rings is 1. The minimum atomic E-state index is -0.357. The van der Waals surface area contributed by atoms with E-state index in [4.69, 9.17) is 0 Å². The minimum absolute atomic E-state index is 0.0210. The van der Waals surface area contributed by atoms with E-state index in [2.05, 4.69) is 15.6 Å². The number of piperazine rings is 1. The molecule has 0 unspecified atom stereocenters. The van der Waals surface area contributed by atoms with Crippen LogP contribution in [-0.2, 0) is 4.79 Å². The summed E-state index contributed by atoms with van der Waals surface area (Å²) in [7, 11) is 0. The van der Waals surface area contributed by atoms with E-state index in [-0.39, 0.29) is 23.5 Å². The normalized spacial score (nSPS) is 17.0. The van der Waals surface area contributed by atoms with Crippen molar-refractivity contribution in [3.63, 3.8) is 0 Å². The van der Waals surface area contributed by atoms with Crippen LogP contribution in [0.3, 0.4) is 0 Å². The highest BCUT2D eigenvalue weighted by Crippen LogP contribution is 2.43. The molecule has 1 saturated heterocycles. The lowest BCUT2D eigenvalue weighted by atomic mass is 10.0. The number of pyridine rings is 1. The zero-order valence-corrected chi connectivity index (χ0v) is 14.2. The molecule has 1 aromatic heterocycles. The predicted octanol–water partition coefficient (Wildman–Crippen LogP) is 2.29. The van der Waals surface area contributed by atoms with Gasteiger partial charge >= 0.3 is 0 Å². The van der Waals surface area contributed by atoms with Crippen LogP contribution in [0.25, 0.3) is 0 Å². The zero-order chi connectivity index (χ0) is 18.1. The third-order valence-corrected chi connectivity index (χ3v) is 4.68. The number of hydrogen-bond donors (Lipinski definition) is 2. The fourth-order valence-corrected chi connectivity index (χ4v) is 3.21. The molecule has 2 fully saturated rings. The molecule has 6 nitrogen and oxygen atoms in total. The highest BCUT2D eigenvalue weighted by Gasteiger charge is 2.31. The quantitative estimate of drug-likeness (QED) is 0.883. The summed E-state index contributed by atoms with van der Waals surface area (Å²) in [6.07, 6.45) is 3.46. The second-order valence-electron chi connectivity index (χ2n) is 6.60. The SMILES string of the molecule is O=C1CN(c2ccc(NC(=O)c3cccc(F)c3C3CC3)nc2)CCN1. The van der Waals surface area contributed by atoms with Crippen LogP contribution in [0.2, 0.25) is 0 Å². The topological polar surface area (TPSA) is 74.3 Å². The molecule has 7 heteroatoms. The molecule has 0 atom stereocenters. The Morgan fingerprint density at radius 3 is 2.81 bits per heavy atom. The maximum Gasteiger partial charge on any atom is 0.257 e. The summed E-state index contributed by atoms with van der Waals surface area (Å²) >= 11 is 0. The Hall–Kier alpha value is -2.96. The van der Waals surface area contributed by atoms with Crippen molar-refractivity contribution in [3.8, 4) is 0 Å². The first-order valence-corrected chi connectivity index (χ1v) is 8.69. The van der Waals surface area contributed by atoms with Crippen molar-refractivity contribution < 1.29 is 14.0 Å². The van der Waals surface area contributed by atoms with Gasteiger partial charge < -0.3 is 15.5 Å². The summed E-state index contributed by atoms with van der Waals surface area (Å²) in [5.41, 5.74) is 1.69. The van der Waals surface area contributed by atoms with Crippen LogP contribution in [0, 0.1) is 5.82 Å². The van der Waals surface area contributed by atoms with Crippen LogP contribution in [0.1, 0.15) is 34.7 Å². The average molecular weight is 354 g/mol. The molecule has 2 N–H and O–H groups in total. The van der Waals surface area contributed by atoms with Gasteiger partial charge in [0.2, 0.25) is 5.91 Å². The Balaban J connectivity index is 1.48. The smallest absolute Gasteiger partial charge is 0.257 e. The van der Waals surface area contributed by atoms with Gasteiger partial charge in [-0.3, -0.25) is 9.59 Å². The van der Waals surface area contributed by atoms with Crippen LogP contribution in [0.15, 0.2) is 36.5 Å². The van der Waals surface area contributed by atoms with E-state index in [1.54, 1.807) is 24.4 Å². The molecule has 26 heavy (non-hydrogen) atoms. The molecule has 1 aromatic carbocycles.